The Morgan fingerprint density at radius 2 is 1.42 bits per heavy atom. The highest BCUT2D eigenvalue weighted by Gasteiger charge is 2.37. The average Bonchev–Trinajstić information content (AvgIpc) is 2.75. The lowest BCUT2D eigenvalue weighted by atomic mass is 10.3. The molecule has 2 aromatic rings. The fourth-order valence-electron chi connectivity index (χ4n) is 2.16. The van der Waals surface area contributed by atoms with Gasteiger partial charge in [0.25, 0.3) is 0 Å². The van der Waals surface area contributed by atoms with E-state index in [1.807, 2.05) is 60.7 Å². The number of hydrogen-bond donors (Lipinski definition) is 1. The van der Waals surface area contributed by atoms with Crippen LogP contribution in [0.5, 0.6) is 0 Å². The van der Waals surface area contributed by atoms with Crippen molar-refractivity contribution in [3.8, 4) is 0 Å². The zero-order valence-corrected chi connectivity index (χ0v) is 10.2. The first-order valence-corrected chi connectivity index (χ1v) is 6.03. The second-order valence-electron chi connectivity index (χ2n) is 4.26. The maximum atomic E-state index is 12.0. The normalized spacial score (nSPS) is 19.0. The number of anilines is 2. The second kappa shape index (κ2) is 4.72. The number of carbonyl (C=O) groups excluding carboxylic acids is 1. The molecule has 0 radical (unpaired) electrons. The number of quaternary nitrogens is 1. The van der Waals surface area contributed by atoms with E-state index in [-0.39, 0.29) is 17.6 Å². The Labute approximate surface area is 110 Å². The van der Waals surface area contributed by atoms with Crippen molar-refractivity contribution in [2.24, 2.45) is 0 Å². The quantitative estimate of drug-likeness (QED) is 0.806. The lowest BCUT2D eigenvalue weighted by molar-refractivity contribution is -0.840. The number of hydrazine groups is 1. The number of para-hydroxylation sites is 2. The largest absolute Gasteiger partial charge is 0.606 e. The van der Waals surface area contributed by atoms with Crippen LogP contribution in [0.2, 0.25) is 0 Å². The Morgan fingerprint density at radius 1 is 0.895 bits per heavy atom. The number of hydroxylamine groups is 1. The van der Waals surface area contributed by atoms with Crippen molar-refractivity contribution in [3.63, 3.8) is 0 Å². The van der Waals surface area contributed by atoms with Crippen molar-refractivity contribution in [1.82, 2.24) is 0 Å². The number of amides is 1. The lowest BCUT2D eigenvalue weighted by Gasteiger charge is -2.32. The molecule has 1 amide bonds. The summed E-state index contributed by atoms with van der Waals surface area (Å²) in [5, 5.41) is 14.7. The maximum Gasteiger partial charge on any atom is 0.307 e. The molecule has 5 nitrogen and oxygen atoms in total. The number of hydrogen-bond acceptors (Lipinski definition) is 3. The molecule has 2 aromatic carbocycles. The van der Waals surface area contributed by atoms with Gasteiger partial charge in [0.05, 0.1) is 5.69 Å². The first-order chi connectivity index (χ1) is 9.27. The summed E-state index contributed by atoms with van der Waals surface area (Å²) in [6.07, 6.45) is 0. The Bertz CT molecular complexity index is 574. The van der Waals surface area contributed by atoms with Gasteiger partial charge in [0.2, 0.25) is 0 Å². The second-order valence-corrected chi connectivity index (χ2v) is 4.26. The van der Waals surface area contributed by atoms with Crippen LogP contribution in [-0.2, 0) is 4.79 Å². The molecular formula is C14H13N3O2. The number of nitrogens with zero attached hydrogens (tertiary/aromatic N) is 2. The molecule has 0 saturated carbocycles. The predicted molar refractivity (Wildman–Crippen MR) is 72.0 cm³/mol. The fourth-order valence-corrected chi connectivity index (χ4v) is 2.16. The molecule has 0 bridgehead atoms. The molecule has 1 aliphatic heterocycles. The molecule has 1 unspecified atom stereocenters. The summed E-state index contributed by atoms with van der Waals surface area (Å²) >= 11 is 0. The fraction of sp³-hybridized carbons (Fsp3) is 0.0714. The van der Waals surface area contributed by atoms with Crippen molar-refractivity contribution in [1.29, 1.82) is 0 Å². The van der Waals surface area contributed by atoms with Gasteiger partial charge < -0.3 is 5.21 Å². The summed E-state index contributed by atoms with van der Waals surface area (Å²) < 4.78 is 0. The Kier molecular flexibility index (Phi) is 2.91. The van der Waals surface area contributed by atoms with Crippen molar-refractivity contribution in [2.75, 3.05) is 16.7 Å². The molecule has 0 spiro atoms. The van der Waals surface area contributed by atoms with Gasteiger partial charge in [0.15, 0.2) is 6.54 Å². The van der Waals surface area contributed by atoms with Crippen molar-refractivity contribution in [3.05, 3.63) is 65.9 Å². The third-order valence-corrected chi connectivity index (χ3v) is 2.98. The molecule has 19 heavy (non-hydrogen) atoms. The van der Waals surface area contributed by atoms with Gasteiger partial charge in [-0.2, -0.15) is 5.01 Å². The summed E-state index contributed by atoms with van der Waals surface area (Å²) in [5.74, 6) is -0.208. The topological polar surface area (TPSA) is 51.1 Å². The Morgan fingerprint density at radius 3 is 2.00 bits per heavy atom. The summed E-state index contributed by atoms with van der Waals surface area (Å²) in [5.41, 5.74) is 1.39. The van der Waals surface area contributed by atoms with E-state index in [1.165, 1.54) is 10.1 Å². The van der Waals surface area contributed by atoms with Crippen LogP contribution in [0, 0.1) is 5.21 Å². The smallest absolute Gasteiger partial charge is 0.307 e. The molecule has 96 valence electrons. The Hall–Kier alpha value is -2.37. The monoisotopic (exact) mass is 255 g/mol. The van der Waals surface area contributed by atoms with Gasteiger partial charge >= 0.3 is 5.91 Å². The molecule has 1 aliphatic rings. The number of carbonyl (C=O) groups is 1. The van der Waals surface area contributed by atoms with Gasteiger partial charge in [-0.25, -0.2) is 5.17 Å². The number of rotatable bonds is 2. The lowest BCUT2D eigenvalue weighted by Crippen LogP contribution is -3.13. The van der Waals surface area contributed by atoms with Crippen LogP contribution in [-0.4, -0.2) is 12.5 Å². The predicted octanol–water partition coefficient (Wildman–Crippen LogP) is 0.753. The summed E-state index contributed by atoms with van der Waals surface area (Å²) in [6.45, 7) is -0.0935. The van der Waals surface area contributed by atoms with Crippen LogP contribution in [0.25, 0.3) is 0 Å². The van der Waals surface area contributed by atoms with Crippen molar-refractivity contribution in [2.45, 2.75) is 0 Å². The highest BCUT2D eigenvalue weighted by Crippen LogP contribution is 2.21. The van der Waals surface area contributed by atoms with Gasteiger partial charge in [0, 0.05) is 0 Å². The maximum absolute atomic E-state index is 12.0. The van der Waals surface area contributed by atoms with E-state index in [1.54, 1.807) is 0 Å². The first-order valence-electron chi connectivity index (χ1n) is 6.03. The molecule has 5 heteroatoms. The Balaban J connectivity index is 2.03. The SMILES string of the molecule is O=C1C[NH+]([O-])N(c2ccccc2)N1c1ccccc1. The minimum Gasteiger partial charge on any atom is -0.606 e. The van der Waals surface area contributed by atoms with E-state index in [0.717, 1.165) is 0 Å². The molecule has 3 rings (SSSR count). The summed E-state index contributed by atoms with van der Waals surface area (Å²) in [4.78, 5) is 12.0. The first kappa shape index (κ1) is 11.7. The molecule has 1 atom stereocenters. The molecular weight excluding hydrogens is 242 g/mol. The summed E-state index contributed by atoms with van der Waals surface area (Å²) in [6, 6.07) is 18.4. The minimum atomic E-state index is -0.208. The van der Waals surface area contributed by atoms with Crippen LogP contribution in [0.1, 0.15) is 0 Å². The van der Waals surface area contributed by atoms with E-state index >= 15 is 0 Å². The molecule has 1 fully saturated rings. The van der Waals surface area contributed by atoms with Crippen molar-refractivity contribution < 1.29 is 9.97 Å². The van der Waals surface area contributed by atoms with E-state index < -0.39 is 0 Å². The zero-order chi connectivity index (χ0) is 13.2. The third-order valence-electron chi connectivity index (χ3n) is 2.98. The standard InChI is InChI=1S/C14H13N3O2/c18-14-11-15(19)17(13-9-5-2-6-10-13)16(14)12-7-3-1-4-8-12/h1-10,15H,11H2. The number of nitrogens with one attached hydrogen (secondary N) is 1. The molecule has 1 heterocycles. The zero-order valence-electron chi connectivity index (χ0n) is 10.2. The third kappa shape index (κ3) is 2.05. The molecule has 1 N–H and O–H groups in total. The highest BCUT2D eigenvalue weighted by molar-refractivity contribution is 5.97. The van der Waals surface area contributed by atoms with Gasteiger partial charge in [0.1, 0.15) is 5.69 Å². The number of benzene rings is 2. The minimum absolute atomic E-state index is 0.0935. The molecule has 0 aliphatic carbocycles. The van der Waals surface area contributed by atoms with Gasteiger partial charge in [-0.15, -0.1) is 5.12 Å². The van der Waals surface area contributed by atoms with Gasteiger partial charge in [-0.05, 0) is 24.3 Å². The van der Waals surface area contributed by atoms with Crippen LogP contribution in [0.3, 0.4) is 0 Å². The van der Waals surface area contributed by atoms with Gasteiger partial charge in [-0.3, -0.25) is 4.79 Å². The summed E-state index contributed by atoms with van der Waals surface area (Å²) in [7, 11) is 0. The highest BCUT2D eigenvalue weighted by atomic mass is 16.6. The van der Waals surface area contributed by atoms with Crippen molar-refractivity contribution >= 4 is 17.3 Å². The van der Waals surface area contributed by atoms with E-state index in [2.05, 4.69) is 0 Å². The molecule has 0 aromatic heterocycles. The van der Waals surface area contributed by atoms with Crippen LogP contribution in [0.15, 0.2) is 60.7 Å². The van der Waals surface area contributed by atoms with Crippen LogP contribution in [0.4, 0.5) is 11.4 Å². The van der Waals surface area contributed by atoms with Crippen LogP contribution >= 0.6 is 0 Å². The van der Waals surface area contributed by atoms with Gasteiger partial charge in [-0.1, -0.05) is 36.4 Å². The van der Waals surface area contributed by atoms with E-state index in [4.69, 9.17) is 0 Å². The van der Waals surface area contributed by atoms with E-state index in [0.29, 0.717) is 11.4 Å². The van der Waals surface area contributed by atoms with E-state index in [9.17, 15) is 10.0 Å². The average molecular weight is 255 g/mol. The van der Waals surface area contributed by atoms with Crippen LogP contribution < -0.4 is 15.3 Å². The molecule has 1 saturated heterocycles.